The fourth-order valence-electron chi connectivity index (χ4n) is 1.86. The van der Waals surface area contributed by atoms with Crippen LogP contribution >= 0.6 is 0 Å². The van der Waals surface area contributed by atoms with E-state index < -0.39 is 8.56 Å². The molecule has 0 aliphatic heterocycles. The van der Waals surface area contributed by atoms with Crippen LogP contribution in [0.3, 0.4) is 0 Å². The van der Waals surface area contributed by atoms with Gasteiger partial charge in [-0.05, 0) is 5.56 Å². The van der Waals surface area contributed by atoms with Gasteiger partial charge in [0.05, 0.1) is 6.61 Å². The van der Waals surface area contributed by atoms with Crippen molar-refractivity contribution in [2.75, 3.05) is 7.11 Å². The fraction of sp³-hybridized carbons (Fsp3) is 0.125. The molecule has 1 unspecified atom stereocenters. The second-order valence-electron chi connectivity index (χ2n) is 4.11. The highest BCUT2D eigenvalue weighted by molar-refractivity contribution is 6.88. The van der Waals surface area contributed by atoms with Crippen LogP contribution in [0.2, 0.25) is 0 Å². The highest BCUT2D eigenvalue weighted by Crippen LogP contribution is 2.10. The molecule has 0 spiro atoms. The van der Waals surface area contributed by atoms with Crippen LogP contribution in [-0.4, -0.2) is 15.7 Å². The van der Waals surface area contributed by atoms with E-state index in [1.54, 1.807) is 7.11 Å². The quantitative estimate of drug-likeness (QED) is 0.612. The van der Waals surface area contributed by atoms with E-state index in [2.05, 4.69) is 5.54 Å². The van der Waals surface area contributed by atoms with E-state index in [9.17, 15) is 0 Å². The van der Waals surface area contributed by atoms with Gasteiger partial charge in [0.2, 0.25) is 0 Å². The molecule has 2 aromatic rings. The van der Waals surface area contributed by atoms with Gasteiger partial charge in [0.1, 0.15) is 0 Å². The van der Waals surface area contributed by atoms with Crippen molar-refractivity contribution < 1.29 is 8.85 Å². The summed E-state index contributed by atoms with van der Waals surface area (Å²) in [7, 11) is -1.16. The first kappa shape index (κ1) is 13.6. The molecule has 0 aliphatic carbocycles. The summed E-state index contributed by atoms with van der Waals surface area (Å²) in [6.07, 6.45) is 5.68. The molecule has 0 saturated carbocycles. The molecule has 0 saturated heterocycles. The molecule has 0 N–H and O–H groups in total. The van der Waals surface area contributed by atoms with Crippen LogP contribution in [0.4, 0.5) is 0 Å². The van der Waals surface area contributed by atoms with E-state index in [0.29, 0.717) is 6.61 Å². The van der Waals surface area contributed by atoms with Gasteiger partial charge >= 0.3 is 8.56 Å². The normalized spacial score (nSPS) is 13.5. The van der Waals surface area contributed by atoms with Gasteiger partial charge in [0.25, 0.3) is 0 Å². The minimum Gasteiger partial charge on any atom is -0.385 e. The molecule has 96 valence electrons. The molecule has 2 rings (SSSR count). The third-order valence-electron chi connectivity index (χ3n) is 2.92. The van der Waals surface area contributed by atoms with E-state index in [4.69, 9.17) is 15.3 Å². The summed E-state index contributed by atoms with van der Waals surface area (Å²) in [6, 6.07) is 19.7. The Labute approximate surface area is 115 Å². The van der Waals surface area contributed by atoms with Gasteiger partial charge in [0, 0.05) is 12.3 Å². The second kappa shape index (κ2) is 6.35. The van der Waals surface area contributed by atoms with Gasteiger partial charge in [-0.3, -0.25) is 0 Å². The first-order valence-electron chi connectivity index (χ1n) is 6.07. The molecule has 0 bridgehead atoms. The molecule has 0 amide bonds. The Hall–Kier alpha value is -1.86. The van der Waals surface area contributed by atoms with Crippen molar-refractivity contribution >= 4 is 13.7 Å². The Bertz CT molecular complexity index is 548. The molecule has 1 atom stereocenters. The van der Waals surface area contributed by atoms with Crippen molar-refractivity contribution in [3.05, 3.63) is 66.2 Å². The van der Waals surface area contributed by atoms with E-state index in [-0.39, 0.29) is 0 Å². The standard InChI is InChI=1S/C16H16O2Si/c1-3-19(17-2,16-12-8-5-9-13-16)18-14-15-10-6-4-7-11-15/h1,4-13H,14H2,2H3. The molecule has 0 fully saturated rings. The van der Waals surface area contributed by atoms with Crippen LogP contribution < -0.4 is 5.19 Å². The third-order valence-corrected chi connectivity index (χ3v) is 5.52. The Kier molecular flexibility index (Phi) is 4.53. The van der Waals surface area contributed by atoms with Crippen molar-refractivity contribution in [3.8, 4) is 12.0 Å². The Balaban J connectivity index is 2.20. The largest absolute Gasteiger partial charge is 0.458 e. The average Bonchev–Trinajstić information content (AvgIpc) is 2.51. The summed E-state index contributed by atoms with van der Waals surface area (Å²) < 4.78 is 11.6. The Morgan fingerprint density at radius 2 is 1.58 bits per heavy atom. The molecule has 0 aromatic heterocycles. The van der Waals surface area contributed by atoms with Crippen LogP contribution in [0.15, 0.2) is 60.7 Å². The Morgan fingerprint density at radius 3 is 2.11 bits per heavy atom. The molecular weight excluding hydrogens is 252 g/mol. The summed E-state index contributed by atoms with van der Waals surface area (Å²) in [5.74, 6) is 0. The van der Waals surface area contributed by atoms with Gasteiger partial charge in [-0.2, -0.15) is 0 Å². The molecule has 19 heavy (non-hydrogen) atoms. The maximum absolute atomic E-state index is 5.98. The smallest absolute Gasteiger partial charge is 0.385 e. The van der Waals surface area contributed by atoms with Crippen LogP contribution in [0.5, 0.6) is 0 Å². The second-order valence-corrected chi connectivity index (χ2v) is 6.90. The molecular formula is C16H16O2Si. The minimum absolute atomic E-state index is 0.458. The van der Waals surface area contributed by atoms with E-state index >= 15 is 0 Å². The number of benzene rings is 2. The van der Waals surface area contributed by atoms with Gasteiger partial charge in [-0.15, -0.1) is 6.42 Å². The topological polar surface area (TPSA) is 18.5 Å². The van der Waals surface area contributed by atoms with E-state index in [1.165, 1.54) is 0 Å². The lowest BCUT2D eigenvalue weighted by atomic mass is 10.2. The van der Waals surface area contributed by atoms with Gasteiger partial charge in [-0.1, -0.05) is 66.2 Å². The molecule has 2 aromatic carbocycles. The number of hydrogen-bond donors (Lipinski definition) is 0. The van der Waals surface area contributed by atoms with Crippen LogP contribution in [0, 0.1) is 12.0 Å². The predicted octanol–water partition coefficient (Wildman–Crippen LogP) is 2.37. The molecule has 0 aliphatic rings. The number of hydrogen-bond acceptors (Lipinski definition) is 2. The van der Waals surface area contributed by atoms with Crippen LogP contribution in [0.1, 0.15) is 5.56 Å². The van der Waals surface area contributed by atoms with E-state index in [0.717, 1.165) is 10.8 Å². The van der Waals surface area contributed by atoms with Gasteiger partial charge in [0.15, 0.2) is 0 Å². The average molecular weight is 268 g/mol. The van der Waals surface area contributed by atoms with Crippen molar-refractivity contribution in [3.63, 3.8) is 0 Å². The lowest BCUT2D eigenvalue weighted by molar-refractivity contribution is 0.216. The summed E-state index contributed by atoms with van der Waals surface area (Å²) >= 11 is 0. The lowest BCUT2D eigenvalue weighted by Gasteiger charge is -2.23. The highest BCUT2D eigenvalue weighted by Gasteiger charge is 2.37. The maximum atomic E-state index is 5.98. The first-order valence-corrected chi connectivity index (χ1v) is 7.89. The van der Waals surface area contributed by atoms with Crippen molar-refractivity contribution in [1.29, 1.82) is 0 Å². The molecule has 0 radical (unpaired) electrons. The number of terminal acetylenes is 1. The zero-order chi connectivity index (χ0) is 13.6. The molecule has 2 nitrogen and oxygen atoms in total. The van der Waals surface area contributed by atoms with Crippen molar-refractivity contribution in [2.45, 2.75) is 6.61 Å². The van der Waals surface area contributed by atoms with E-state index in [1.807, 2.05) is 60.7 Å². The summed E-state index contributed by atoms with van der Waals surface area (Å²) in [5, 5.41) is 0.955. The maximum Gasteiger partial charge on any atom is 0.458 e. The zero-order valence-corrected chi connectivity index (χ0v) is 11.9. The van der Waals surface area contributed by atoms with Crippen LogP contribution in [0.25, 0.3) is 0 Å². The van der Waals surface area contributed by atoms with Crippen molar-refractivity contribution in [1.82, 2.24) is 0 Å². The lowest BCUT2D eigenvalue weighted by Crippen LogP contribution is -2.52. The monoisotopic (exact) mass is 268 g/mol. The minimum atomic E-state index is -2.77. The fourth-order valence-corrected chi connectivity index (χ4v) is 3.75. The molecule has 0 heterocycles. The first-order chi connectivity index (χ1) is 9.30. The van der Waals surface area contributed by atoms with Gasteiger partial charge < -0.3 is 8.85 Å². The van der Waals surface area contributed by atoms with Crippen molar-refractivity contribution in [2.24, 2.45) is 0 Å². The van der Waals surface area contributed by atoms with Gasteiger partial charge in [-0.25, -0.2) is 0 Å². The summed E-state index contributed by atoms with van der Waals surface area (Å²) in [5.41, 5.74) is 3.83. The molecule has 3 heteroatoms. The highest BCUT2D eigenvalue weighted by atomic mass is 28.4. The summed E-state index contributed by atoms with van der Waals surface area (Å²) in [4.78, 5) is 0. The summed E-state index contributed by atoms with van der Waals surface area (Å²) in [6.45, 7) is 0.458. The third kappa shape index (κ3) is 3.12. The SMILES string of the molecule is C#C[Si](OC)(OCc1ccccc1)c1ccccc1. The Morgan fingerprint density at radius 1 is 1.00 bits per heavy atom. The zero-order valence-electron chi connectivity index (χ0n) is 10.9. The predicted molar refractivity (Wildman–Crippen MR) is 78.9 cm³/mol. The number of rotatable bonds is 5. The van der Waals surface area contributed by atoms with Crippen LogP contribution in [-0.2, 0) is 15.5 Å².